The van der Waals surface area contributed by atoms with Crippen molar-refractivity contribution in [2.45, 2.75) is 34.2 Å². The zero-order valence-electron chi connectivity index (χ0n) is 14.5. The lowest BCUT2D eigenvalue weighted by Gasteiger charge is -2.22. The van der Waals surface area contributed by atoms with Crippen molar-refractivity contribution >= 4 is 27.0 Å². The highest BCUT2D eigenvalue weighted by Gasteiger charge is 2.24. The summed E-state index contributed by atoms with van der Waals surface area (Å²) in [6.45, 7) is 3.43. The fourth-order valence-electron chi connectivity index (χ4n) is 2.06. The van der Waals surface area contributed by atoms with E-state index in [0.717, 1.165) is 10.6 Å². The molecule has 12 nitrogen and oxygen atoms in total. The molecule has 0 saturated carbocycles. The molecule has 0 aliphatic carbocycles. The van der Waals surface area contributed by atoms with Crippen LogP contribution >= 0.6 is 27.0 Å². The molecule has 1 atom stereocenters. The first-order valence-electron chi connectivity index (χ1n) is 7.20. The number of hydrogen-bond acceptors (Lipinski definition) is 9. The average Bonchev–Trinajstić information content (AvgIpc) is 2.80. The number of aryl methyl sites for hydroxylation is 1. The van der Waals surface area contributed by atoms with Gasteiger partial charge in [-0.05, 0) is 6.92 Å². The summed E-state index contributed by atoms with van der Waals surface area (Å²) in [4.78, 5) is 47.6. The van der Waals surface area contributed by atoms with Crippen molar-refractivity contribution in [3.05, 3.63) is 44.0 Å². The Morgan fingerprint density at radius 3 is 2.57 bits per heavy atom. The van der Waals surface area contributed by atoms with Crippen LogP contribution in [0, 0.1) is 13.8 Å². The molecule has 0 aliphatic heterocycles. The van der Waals surface area contributed by atoms with E-state index in [1.807, 2.05) is 4.57 Å². The molecule has 0 aliphatic rings. The Labute approximate surface area is 165 Å². The third-order valence-corrected chi connectivity index (χ3v) is 6.58. The SMILES string of the molecule is C.Cc1ncc(C[n+]2csc(CCOP(=O)([O-])OP(=O)(O)O)c2C)c(=O)[nH]1.N. The Kier molecular flexibility index (Phi) is 10.0. The Hall–Kier alpha value is -1.27. The zero-order chi connectivity index (χ0) is 19.5. The fourth-order valence-corrected chi connectivity index (χ4v) is 4.58. The molecule has 0 aromatic carbocycles. The van der Waals surface area contributed by atoms with E-state index < -0.39 is 15.6 Å². The fraction of sp³-hybridized carbons (Fsp3) is 0.462. The van der Waals surface area contributed by atoms with Gasteiger partial charge < -0.3 is 30.3 Å². The Balaban J connectivity index is 0.00000364. The van der Waals surface area contributed by atoms with Crippen molar-refractivity contribution in [1.29, 1.82) is 0 Å². The van der Waals surface area contributed by atoms with Crippen LogP contribution in [0.15, 0.2) is 16.5 Å². The number of rotatable bonds is 8. The largest absolute Gasteiger partial charge is 0.756 e. The molecule has 160 valence electrons. The van der Waals surface area contributed by atoms with Crippen LogP contribution in [0.3, 0.4) is 0 Å². The molecule has 0 bridgehead atoms. The van der Waals surface area contributed by atoms with Crippen LogP contribution < -0.4 is 21.2 Å². The Morgan fingerprint density at radius 1 is 1.36 bits per heavy atom. The minimum absolute atomic E-state index is 0. The van der Waals surface area contributed by atoms with E-state index in [0.29, 0.717) is 17.9 Å². The molecular weight excluding hydrogens is 434 g/mol. The normalized spacial score (nSPS) is 13.3. The lowest BCUT2D eigenvalue weighted by Crippen LogP contribution is -2.37. The molecule has 0 spiro atoms. The summed E-state index contributed by atoms with van der Waals surface area (Å²) in [6.07, 6.45) is 1.68. The number of aromatic amines is 1. The van der Waals surface area contributed by atoms with Crippen LogP contribution in [0.5, 0.6) is 0 Å². The van der Waals surface area contributed by atoms with Crippen molar-refractivity contribution < 1.29 is 37.2 Å². The monoisotopic (exact) mass is 458 g/mol. The van der Waals surface area contributed by atoms with Crippen LogP contribution in [-0.4, -0.2) is 26.4 Å². The third kappa shape index (κ3) is 8.00. The summed E-state index contributed by atoms with van der Waals surface area (Å²) < 4.78 is 31.7. The van der Waals surface area contributed by atoms with Crippen molar-refractivity contribution in [3.63, 3.8) is 0 Å². The molecule has 2 aromatic rings. The maximum Gasteiger partial charge on any atom is 0.476 e. The lowest BCUT2D eigenvalue weighted by atomic mass is 10.3. The van der Waals surface area contributed by atoms with Gasteiger partial charge in [-0.3, -0.25) is 9.36 Å². The van der Waals surface area contributed by atoms with E-state index in [4.69, 9.17) is 9.79 Å². The van der Waals surface area contributed by atoms with E-state index in [2.05, 4.69) is 18.8 Å². The minimum Gasteiger partial charge on any atom is -0.756 e. The second kappa shape index (κ2) is 10.5. The van der Waals surface area contributed by atoms with Gasteiger partial charge in [0.2, 0.25) is 5.51 Å². The summed E-state index contributed by atoms with van der Waals surface area (Å²) in [6, 6.07) is 0. The first-order valence-corrected chi connectivity index (χ1v) is 11.1. The number of nitrogens with one attached hydrogen (secondary N) is 1. The number of phosphoric acid groups is 2. The average molecular weight is 458 g/mol. The number of phosphoric ester groups is 1. The van der Waals surface area contributed by atoms with Crippen molar-refractivity contribution in [3.8, 4) is 0 Å². The van der Waals surface area contributed by atoms with E-state index in [1.165, 1.54) is 17.5 Å². The van der Waals surface area contributed by atoms with Crippen molar-refractivity contribution in [1.82, 2.24) is 16.1 Å². The highest BCUT2D eigenvalue weighted by Crippen LogP contribution is 2.54. The summed E-state index contributed by atoms with van der Waals surface area (Å²) in [7, 11) is -10.3. The molecule has 2 rings (SSSR count). The lowest BCUT2D eigenvalue weighted by molar-refractivity contribution is -0.689. The van der Waals surface area contributed by atoms with Gasteiger partial charge in [0, 0.05) is 19.5 Å². The van der Waals surface area contributed by atoms with Crippen LogP contribution in [0.1, 0.15) is 29.4 Å². The van der Waals surface area contributed by atoms with Gasteiger partial charge in [0.05, 0.1) is 11.5 Å². The number of nitrogens with zero attached hydrogens (tertiary/aromatic N) is 2. The second-order valence-electron chi connectivity index (χ2n) is 5.29. The molecule has 2 aromatic heterocycles. The van der Waals surface area contributed by atoms with Crippen molar-refractivity contribution in [2.75, 3.05) is 6.61 Å². The molecule has 0 saturated heterocycles. The molecule has 1 unspecified atom stereocenters. The highest BCUT2D eigenvalue weighted by molar-refractivity contribution is 7.60. The quantitative estimate of drug-likeness (QED) is 0.322. The molecule has 0 radical (unpaired) electrons. The van der Waals surface area contributed by atoms with E-state index in [1.54, 1.807) is 19.4 Å². The van der Waals surface area contributed by atoms with Gasteiger partial charge in [0.1, 0.15) is 11.4 Å². The smallest absolute Gasteiger partial charge is 0.476 e. The molecule has 28 heavy (non-hydrogen) atoms. The predicted molar refractivity (Wildman–Crippen MR) is 100 cm³/mol. The van der Waals surface area contributed by atoms with Crippen LogP contribution in [0.25, 0.3) is 0 Å². The third-order valence-electron chi connectivity index (χ3n) is 3.28. The molecule has 0 amide bonds. The predicted octanol–water partition coefficient (Wildman–Crippen LogP) is 0.719. The maximum atomic E-state index is 11.9. The Bertz CT molecular complexity index is 941. The van der Waals surface area contributed by atoms with Gasteiger partial charge in [-0.25, -0.2) is 13.9 Å². The second-order valence-corrected chi connectivity index (χ2v) is 9.01. The molecule has 2 heterocycles. The molecule has 6 N–H and O–H groups in total. The van der Waals surface area contributed by atoms with Gasteiger partial charge in [-0.1, -0.05) is 18.8 Å². The first-order chi connectivity index (χ1) is 12.0. The summed E-state index contributed by atoms with van der Waals surface area (Å²) in [5, 5.41) is 0. The standard InChI is InChI=1S/C12H17N3O8P2S.CH4.H3N/c1-8-11(3-4-22-25(20,21)23-24(17,18)19)26-7-15(8)6-10-5-13-9(2)14-12(10)16;;/h5,7H,3-4,6H2,1-2H3,(H3-,13,14,16,17,18,19,20,21);1H4;1H3. The topological polar surface area (TPSA) is 201 Å². The molecule has 15 heteroatoms. The zero-order valence-corrected chi connectivity index (χ0v) is 17.1. The first kappa shape index (κ1) is 26.7. The van der Waals surface area contributed by atoms with Gasteiger partial charge >= 0.3 is 7.82 Å². The van der Waals surface area contributed by atoms with Gasteiger partial charge in [-0.15, -0.1) is 0 Å². The maximum absolute atomic E-state index is 11.9. The van der Waals surface area contributed by atoms with E-state index in [-0.39, 0.29) is 32.2 Å². The number of hydrogen-bond donors (Lipinski definition) is 4. The number of aromatic nitrogens is 3. The van der Waals surface area contributed by atoms with Gasteiger partial charge in [0.25, 0.3) is 13.4 Å². The number of thiazole rings is 1. The summed E-state index contributed by atoms with van der Waals surface area (Å²) >= 11 is 1.33. The molecule has 0 fully saturated rings. The van der Waals surface area contributed by atoms with Crippen molar-refractivity contribution in [2.24, 2.45) is 0 Å². The summed E-state index contributed by atoms with van der Waals surface area (Å²) in [5.41, 5.74) is 2.81. The summed E-state index contributed by atoms with van der Waals surface area (Å²) in [5.74, 6) is 0.517. The molecular formula is C13H24N4O8P2S. The van der Waals surface area contributed by atoms with Gasteiger partial charge in [0.15, 0.2) is 12.2 Å². The number of H-pyrrole nitrogens is 1. The van der Waals surface area contributed by atoms with Gasteiger partial charge in [-0.2, -0.15) is 4.57 Å². The van der Waals surface area contributed by atoms with Crippen LogP contribution in [0.2, 0.25) is 0 Å². The highest BCUT2D eigenvalue weighted by atomic mass is 32.1. The van der Waals surface area contributed by atoms with Crippen LogP contribution in [-0.2, 0) is 30.9 Å². The van der Waals surface area contributed by atoms with E-state index in [9.17, 15) is 18.8 Å². The van der Waals surface area contributed by atoms with E-state index >= 15 is 0 Å². The van der Waals surface area contributed by atoms with Crippen LogP contribution in [0.4, 0.5) is 0 Å². The minimum atomic E-state index is -5.19. The Morgan fingerprint density at radius 2 is 2.00 bits per heavy atom.